The van der Waals surface area contributed by atoms with Crippen molar-refractivity contribution in [1.29, 1.82) is 0 Å². The first-order valence-corrected chi connectivity index (χ1v) is 15.0. The Morgan fingerprint density at radius 2 is 1.83 bits per heavy atom. The van der Waals surface area contributed by atoms with Crippen molar-refractivity contribution in [2.45, 2.75) is 36.5 Å². The van der Waals surface area contributed by atoms with Gasteiger partial charge in [0.05, 0.1) is 16.0 Å². The van der Waals surface area contributed by atoms with Crippen molar-refractivity contribution in [1.82, 2.24) is 14.7 Å². The predicted molar refractivity (Wildman–Crippen MR) is 156 cm³/mol. The van der Waals surface area contributed by atoms with Crippen LogP contribution in [0.25, 0.3) is 11.1 Å². The number of nitrogens with zero attached hydrogens (tertiary/aromatic N) is 2. The van der Waals surface area contributed by atoms with Gasteiger partial charge >= 0.3 is 0 Å². The molecule has 6 rings (SSSR count). The lowest BCUT2D eigenvalue weighted by molar-refractivity contribution is -0.118. The Morgan fingerprint density at radius 1 is 1.00 bits per heavy atom. The Hall–Kier alpha value is -4.42. The third kappa shape index (κ3) is 5.42. The van der Waals surface area contributed by atoms with Gasteiger partial charge in [0.2, 0.25) is 21.9 Å². The van der Waals surface area contributed by atoms with Crippen LogP contribution in [0.1, 0.15) is 30.4 Å². The Bertz CT molecular complexity index is 1810. The molecule has 0 saturated heterocycles. The van der Waals surface area contributed by atoms with Crippen LogP contribution in [0.2, 0.25) is 0 Å². The summed E-state index contributed by atoms with van der Waals surface area (Å²) < 4.78 is 57.7. The second kappa shape index (κ2) is 10.8. The van der Waals surface area contributed by atoms with Gasteiger partial charge in [0, 0.05) is 36.1 Å². The Kier molecular flexibility index (Phi) is 7.11. The summed E-state index contributed by atoms with van der Waals surface area (Å²) in [5.74, 6) is -0.906. The van der Waals surface area contributed by atoms with Crippen LogP contribution in [-0.2, 0) is 20.2 Å². The molecule has 1 fully saturated rings. The molecular weight excluding hydrogens is 562 g/mol. The van der Waals surface area contributed by atoms with Crippen LogP contribution < -0.4 is 20.7 Å². The molecule has 4 N–H and O–H groups in total. The number of carbonyl (C=O) groups excluding carboxylic acids is 1. The Morgan fingerprint density at radius 3 is 2.62 bits per heavy atom. The maximum atomic E-state index is 15.4. The number of aryl methyl sites for hydroxylation is 1. The van der Waals surface area contributed by atoms with Gasteiger partial charge in [-0.05, 0) is 68.1 Å². The molecule has 1 aliphatic heterocycles. The highest BCUT2D eigenvalue weighted by atomic mass is 32.2. The molecule has 4 bridgehead atoms. The highest BCUT2D eigenvalue weighted by Crippen LogP contribution is 2.50. The molecule has 0 unspecified atom stereocenters. The van der Waals surface area contributed by atoms with Crippen molar-refractivity contribution in [3.8, 4) is 11.1 Å². The molecule has 12 heteroatoms. The third-order valence-electron chi connectivity index (χ3n) is 7.48. The number of halogens is 2. The topological polar surface area (TPSA) is 125 Å². The van der Waals surface area contributed by atoms with Gasteiger partial charge in [0.25, 0.3) is 0 Å². The van der Waals surface area contributed by atoms with Gasteiger partial charge < -0.3 is 16.0 Å². The lowest BCUT2D eigenvalue weighted by Crippen LogP contribution is -2.29. The Balaban J connectivity index is 1.26. The van der Waals surface area contributed by atoms with Gasteiger partial charge in [-0.1, -0.05) is 29.8 Å². The van der Waals surface area contributed by atoms with Crippen LogP contribution in [-0.4, -0.2) is 37.4 Å². The fraction of sp³-hybridized carbons (Fsp3) is 0.233. The molecule has 216 valence electrons. The molecule has 3 aromatic carbocycles. The lowest BCUT2D eigenvalue weighted by atomic mass is 9.92. The van der Waals surface area contributed by atoms with Gasteiger partial charge in [0.1, 0.15) is 17.5 Å². The molecule has 2 heterocycles. The summed E-state index contributed by atoms with van der Waals surface area (Å²) in [5, 5.41) is 8.87. The first-order valence-electron chi connectivity index (χ1n) is 13.5. The number of nitrogens with one attached hydrogen (secondary N) is 4. The fourth-order valence-corrected chi connectivity index (χ4v) is 6.14. The number of amides is 1. The molecule has 1 saturated carbocycles. The van der Waals surface area contributed by atoms with E-state index in [2.05, 4.69) is 30.6 Å². The van der Waals surface area contributed by atoms with Gasteiger partial charge in [-0.2, -0.15) is 4.98 Å². The number of benzene rings is 3. The van der Waals surface area contributed by atoms with Crippen LogP contribution >= 0.6 is 0 Å². The molecule has 0 spiro atoms. The SMILES string of the molecule is Cc1ccc(F)c(C2(C(=O)Nc3ccc(-c4cnc5nc4NCCCNS(=O)(=O)c4cccc(c4)N5)cc3F)CC2)c1. The van der Waals surface area contributed by atoms with E-state index in [1.54, 1.807) is 36.5 Å². The summed E-state index contributed by atoms with van der Waals surface area (Å²) >= 11 is 0. The standard InChI is InChI=1S/C30H28F2N6O3S/c1-18-6-8-24(31)23(14-18)30(10-11-30)28(39)37-26-9-7-19(15-25(26)32)22-17-34-29-36-20-4-2-5-21(16-20)42(40,41)35-13-3-12-33-27(22)38-29/h2,4-9,14-17,35H,3,10-13H2,1H3,(H,37,39)(H2,33,34,36,38). The van der Waals surface area contributed by atoms with Crippen molar-refractivity contribution in [2.24, 2.45) is 0 Å². The van der Waals surface area contributed by atoms with Gasteiger partial charge in [-0.25, -0.2) is 26.9 Å². The van der Waals surface area contributed by atoms with Gasteiger partial charge in [-0.15, -0.1) is 0 Å². The summed E-state index contributed by atoms with van der Waals surface area (Å²) in [6, 6.07) is 15.4. The average molecular weight is 591 g/mol. The Labute approximate surface area is 241 Å². The van der Waals surface area contributed by atoms with Crippen molar-refractivity contribution < 1.29 is 22.0 Å². The largest absolute Gasteiger partial charge is 0.369 e. The number of anilines is 4. The lowest BCUT2D eigenvalue weighted by Gasteiger charge is -2.18. The minimum Gasteiger partial charge on any atom is -0.369 e. The molecule has 2 aliphatic rings. The second-order valence-electron chi connectivity index (χ2n) is 10.5. The summed E-state index contributed by atoms with van der Waals surface area (Å²) in [7, 11) is -3.68. The van der Waals surface area contributed by atoms with Gasteiger partial charge in [0.15, 0.2) is 0 Å². The number of hydrogen-bond acceptors (Lipinski definition) is 7. The summed E-state index contributed by atoms with van der Waals surface area (Å²) in [6.07, 6.45) is 2.98. The first kappa shape index (κ1) is 27.7. The minimum absolute atomic E-state index is 0.0117. The number of aromatic nitrogens is 2. The van der Waals surface area contributed by atoms with Crippen LogP contribution in [0.3, 0.4) is 0 Å². The first-order chi connectivity index (χ1) is 20.1. The van der Waals surface area contributed by atoms with E-state index in [1.165, 1.54) is 30.3 Å². The fourth-order valence-electron chi connectivity index (χ4n) is 5.02. The molecule has 4 aromatic rings. The number of sulfonamides is 1. The maximum absolute atomic E-state index is 15.4. The van der Waals surface area contributed by atoms with Crippen molar-refractivity contribution in [3.63, 3.8) is 0 Å². The normalized spacial score (nSPS) is 16.9. The summed E-state index contributed by atoms with van der Waals surface area (Å²) in [6.45, 7) is 2.43. The molecule has 1 amide bonds. The van der Waals surface area contributed by atoms with E-state index in [9.17, 15) is 17.6 Å². The van der Waals surface area contributed by atoms with Crippen LogP contribution in [0.15, 0.2) is 71.8 Å². The van der Waals surface area contributed by atoms with E-state index in [0.29, 0.717) is 54.0 Å². The van der Waals surface area contributed by atoms with E-state index < -0.39 is 33.0 Å². The number of hydrogen-bond donors (Lipinski definition) is 4. The van der Waals surface area contributed by atoms with Crippen molar-refractivity contribution in [2.75, 3.05) is 29.0 Å². The highest BCUT2D eigenvalue weighted by Gasteiger charge is 2.53. The number of carbonyl (C=O) groups is 1. The number of rotatable bonds is 4. The molecule has 9 nitrogen and oxygen atoms in total. The minimum atomic E-state index is -3.68. The summed E-state index contributed by atoms with van der Waals surface area (Å²) in [5.41, 5.74) is 1.62. The van der Waals surface area contributed by atoms with E-state index in [0.717, 1.165) is 5.56 Å². The van der Waals surface area contributed by atoms with Crippen LogP contribution in [0, 0.1) is 18.6 Å². The zero-order valence-electron chi connectivity index (χ0n) is 22.7. The third-order valence-corrected chi connectivity index (χ3v) is 8.94. The maximum Gasteiger partial charge on any atom is 0.240 e. The van der Waals surface area contributed by atoms with E-state index in [4.69, 9.17) is 0 Å². The predicted octanol–water partition coefficient (Wildman–Crippen LogP) is 5.24. The average Bonchev–Trinajstić information content (AvgIpc) is 3.77. The van der Waals surface area contributed by atoms with Crippen LogP contribution in [0.5, 0.6) is 0 Å². The molecule has 1 aromatic heterocycles. The molecular formula is C30H28F2N6O3S. The zero-order valence-corrected chi connectivity index (χ0v) is 23.5. The van der Waals surface area contributed by atoms with Crippen molar-refractivity contribution in [3.05, 3.63) is 89.6 Å². The highest BCUT2D eigenvalue weighted by molar-refractivity contribution is 7.89. The van der Waals surface area contributed by atoms with E-state index >= 15 is 4.39 Å². The van der Waals surface area contributed by atoms with Gasteiger partial charge in [-0.3, -0.25) is 4.79 Å². The molecule has 0 radical (unpaired) electrons. The monoisotopic (exact) mass is 590 g/mol. The molecule has 42 heavy (non-hydrogen) atoms. The van der Waals surface area contributed by atoms with E-state index in [1.807, 2.05) is 6.92 Å². The van der Waals surface area contributed by atoms with Crippen LogP contribution in [0.4, 0.5) is 31.9 Å². The second-order valence-corrected chi connectivity index (χ2v) is 12.3. The zero-order chi connectivity index (χ0) is 29.5. The van der Waals surface area contributed by atoms with E-state index in [-0.39, 0.29) is 23.1 Å². The smallest absolute Gasteiger partial charge is 0.240 e. The quantitative estimate of drug-likeness (QED) is 0.256. The number of fused-ring (bicyclic) bond motifs is 4. The molecule has 0 atom stereocenters. The van der Waals surface area contributed by atoms with Crippen molar-refractivity contribution >= 4 is 39.1 Å². The summed E-state index contributed by atoms with van der Waals surface area (Å²) in [4.78, 5) is 22.2. The molecule has 1 aliphatic carbocycles.